The topological polar surface area (TPSA) is 56.3 Å². The highest BCUT2D eigenvalue weighted by Gasteiger charge is 2.16. The number of hydrogen-bond acceptors (Lipinski definition) is 4. The van der Waals surface area contributed by atoms with E-state index >= 15 is 0 Å². The van der Waals surface area contributed by atoms with Crippen molar-refractivity contribution < 1.29 is 4.74 Å². The van der Waals surface area contributed by atoms with Crippen molar-refractivity contribution in [2.24, 2.45) is 5.73 Å². The number of hydrogen-bond donors (Lipinski definition) is 1. The van der Waals surface area contributed by atoms with E-state index in [1.165, 1.54) is 0 Å². The lowest BCUT2D eigenvalue weighted by atomic mass is 10.2. The summed E-state index contributed by atoms with van der Waals surface area (Å²) >= 11 is 3.48. The van der Waals surface area contributed by atoms with Crippen molar-refractivity contribution in [1.29, 1.82) is 0 Å². The lowest BCUT2D eigenvalue weighted by Gasteiger charge is -2.16. The van der Waals surface area contributed by atoms with Crippen LogP contribution in [0.2, 0.25) is 0 Å². The van der Waals surface area contributed by atoms with Crippen LogP contribution in [0.3, 0.4) is 0 Å². The molecule has 0 fully saturated rings. The van der Waals surface area contributed by atoms with Gasteiger partial charge in [0.1, 0.15) is 0 Å². The molecule has 0 amide bonds. The predicted octanol–water partition coefficient (Wildman–Crippen LogP) is 1.24. The average molecular weight is 305 g/mol. The van der Waals surface area contributed by atoms with Crippen LogP contribution in [0.1, 0.15) is 18.7 Å². The van der Waals surface area contributed by atoms with E-state index in [9.17, 15) is 0 Å². The van der Waals surface area contributed by atoms with E-state index in [0.29, 0.717) is 13.2 Å². The Bertz CT molecular complexity index is 340. The number of ether oxygens (including phenoxy) is 1. The maximum atomic E-state index is 6.10. The maximum Gasteiger partial charge on any atom is 0.0717 e. The minimum atomic E-state index is -0.144. The minimum Gasteiger partial charge on any atom is -0.380 e. The second-order valence-corrected chi connectivity index (χ2v) is 5.02. The van der Waals surface area contributed by atoms with E-state index in [-0.39, 0.29) is 6.04 Å². The molecule has 1 unspecified atom stereocenters. The molecule has 17 heavy (non-hydrogen) atoms. The van der Waals surface area contributed by atoms with Gasteiger partial charge in [-0.05, 0) is 36.9 Å². The molecule has 5 nitrogen and oxygen atoms in total. The fourth-order valence-electron chi connectivity index (χ4n) is 1.54. The van der Waals surface area contributed by atoms with Crippen LogP contribution >= 0.6 is 15.9 Å². The van der Waals surface area contributed by atoms with Gasteiger partial charge in [0.15, 0.2) is 0 Å². The Morgan fingerprint density at radius 2 is 2.29 bits per heavy atom. The van der Waals surface area contributed by atoms with Gasteiger partial charge in [-0.25, -0.2) is 0 Å². The van der Waals surface area contributed by atoms with Gasteiger partial charge >= 0.3 is 0 Å². The first kappa shape index (κ1) is 14.6. The van der Waals surface area contributed by atoms with Gasteiger partial charge < -0.3 is 15.4 Å². The van der Waals surface area contributed by atoms with E-state index in [4.69, 9.17) is 10.5 Å². The number of likely N-dealkylation sites (N-methyl/N-ethyl adjacent to an activating group) is 1. The van der Waals surface area contributed by atoms with E-state index in [1.54, 1.807) is 6.20 Å². The first-order chi connectivity index (χ1) is 8.06. The molecule has 98 valence electrons. The molecule has 1 rings (SSSR count). The highest BCUT2D eigenvalue weighted by molar-refractivity contribution is 9.10. The summed E-state index contributed by atoms with van der Waals surface area (Å²) in [6.45, 7) is 4.92. The molecule has 0 spiro atoms. The van der Waals surface area contributed by atoms with Crippen LogP contribution in [-0.4, -0.2) is 48.5 Å². The van der Waals surface area contributed by atoms with Gasteiger partial charge in [-0.1, -0.05) is 0 Å². The van der Waals surface area contributed by atoms with E-state index in [0.717, 1.165) is 23.3 Å². The maximum absolute atomic E-state index is 6.10. The molecule has 1 heterocycles. The zero-order valence-electron chi connectivity index (χ0n) is 10.7. The van der Waals surface area contributed by atoms with Gasteiger partial charge in [0.2, 0.25) is 0 Å². The average Bonchev–Trinajstić information content (AvgIpc) is 2.64. The normalized spacial score (nSPS) is 13.3. The van der Waals surface area contributed by atoms with Crippen LogP contribution in [0.4, 0.5) is 0 Å². The standard InChI is InChI=1S/C11H21BrN4O/c1-4-17-8-10(13)11-9(12)7-14-16(11)6-5-15(2)3/h7,10H,4-6,8,13H2,1-3H3. The Hall–Kier alpha value is -0.430. The second kappa shape index (κ2) is 7.10. The minimum absolute atomic E-state index is 0.144. The van der Waals surface area contributed by atoms with Crippen molar-refractivity contribution in [1.82, 2.24) is 14.7 Å². The lowest BCUT2D eigenvalue weighted by molar-refractivity contribution is 0.131. The van der Waals surface area contributed by atoms with Crippen molar-refractivity contribution >= 4 is 15.9 Å². The Morgan fingerprint density at radius 1 is 1.59 bits per heavy atom. The highest BCUT2D eigenvalue weighted by atomic mass is 79.9. The Kier molecular flexibility index (Phi) is 6.11. The Balaban J connectivity index is 2.71. The molecule has 1 atom stereocenters. The Morgan fingerprint density at radius 3 is 2.88 bits per heavy atom. The highest BCUT2D eigenvalue weighted by Crippen LogP contribution is 2.22. The summed E-state index contributed by atoms with van der Waals surface area (Å²) in [5, 5.41) is 4.32. The molecular weight excluding hydrogens is 284 g/mol. The van der Waals surface area contributed by atoms with Gasteiger partial charge in [0, 0.05) is 13.2 Å². The zero-order chi connectivity index (χ0) is 12.8. The number of nitrogens with zero attached hydrogens (tertiary/aromatic N) is 3. The first-order valence-corrected chi connectivity index (χ1v) is 6.54. The molecule has 0 aliphatic carbocycles. The molecule has 0 saturated heterocycles. The molecule has 0 bridgehead atoms. The van der Waals surface area contributed by atoms with Crippen LogP contribution < -0.4 is 5.73 Å². The predicted molar refractivity (Wildman–Crippen MR) is 71.9 cm³/mol. The molecule has 0 radical (unpaired) electrons. The molecule has 1 aromatic heterocycles. The van der Waals surface area contributed by atoms with Crippen molar-refractivity contribution in [2.45, 2.75) is 19.5 Å². The van der Waals surface area contributed by atoms with Crippen molar-refractivity contribution in [3.63, 3.8) is 0 Å². The fourth-order valence-corrected chi connectivity index (χ4v) is 2.13. The molecule has 0 aromatic carbocycles. The number of halogens is 1. The smallest absolute Gasteiger partial charge is 0.0717 e. The van der Waals surface area contributed by atoms with Crippen molar-refractivity contribution in [2.75, 3.05) is 33.9 Å². The van der Waals surface area contributed by atoms with E-state index < -0.39 is 0 Å². The van der Waals surface area contributed by atoms with Crippen LogP contribution in [-0.2, 0) is 11.3 Å². The molecule has 0 aliphatic rings. The SMILES string of the molecule is CCOCC(N)c1c(Br)cnn1CCN(C)C. The van der Waals surface area contributed by atoms with Crippen molar-refractivity contribution in [3.05, 3.63) is 16.4 Å². The van der Waals surface area contributed by atoms with Gasteiger partial charge in [0.25, 0.3) is 0 Å². The van der Waals surface area contributed by atoms with E-state index in [1.807, 2.05) is 25.7 Å². The summed E-state index contributed by atoms with van der Waals surface area (Å²) in [5.41, 5.74) is 7.10. The summed E-state index contributed by atoms with van der Waals surface area (Å²) in [5.74, 6) is 0. The number of aromatic nitrogens is 2. The molecule has 0 aliphatic heterocycles. The summed E-state index contributed by atoms with van der Waals surface area (Å²) in [6, 6.07) is -0.144. The van der Waals surface area contributed by atoms with Gasteiger partial charge in [-0.15, -0.1) is 0 Å². The molecule has 6 heteroatoms. The third-order valence-corrected chi connectivity index (χ3v) is 3.06. The van der Waals surface area contributed by atoms with Gasteiger partial charge in [-0.3, -0.25) is 4.68 Å². The van der Waals surface area contributed by atoms with Crippen LogP contribution in [0.25, 0.3) is 0 Å². The molecular formula is C11H21BrN4O. The Labute approximate surface area is 111 Å². The van der Waals surface area contributed by atoms with Crippen molar-refractivity contribution in [3.8, 4) is 0 Å². The molecule has 0 saturated carbocycles. The van der Waals surface area contributed by atoms with Gasteiger partial charge in [0.05, 0.1) is 35.6 Å². The third kappa shape index (κ3) is 4.39. The number of rotatable bonds is 7. The van der Waals surface area contributed by atoms with E-state index in [2.05, 4.69) is 25.9 Å². The number of nitrogens with two attached hydrogens (primary N) is 1. The van der Waals surface area contributed by atoms with Gasteiger partial charge in [-0.2, -0.15) is 5.10 Å². The summed E-state index contributed by atoms with van der Waals surface area (Å²) in [4.78, 5) is 2.12. The summed E-state index contributed by atoms with van der Waals surface area (Å²) in [6.07, 6.45) is 1.79. The second-order valence-electron chi connectivity index (χ2n) is 4.17. The monoisotopic (exact) mass is 304 g/mol. The first-order valence-electron chi connectivity index (χ1n) is 5.75. The quantitative estimate of drug-likeness (QED) is 0.823. The third-order valence-electron chi connectivity index (χ3n) is 2.45. The lowest BCUT2D eigenvalue weighted by Crippen LogP contribution is -2.25. The van der Waals surface area contributed by atoms with Crippen LogP contribution in [0.5, 0.6) is 0 Å². The zero-order valence-corrected chi connectivity index (χ0v) is 12.3. The fraction of sp³-hybridized carbons (Fsp3) is 0.727. The summed E-state index contributed by atoms with van der Waals surface area (Å²) in [7, 11) is 4.08. The molecule has 1 aromatic rings. The largest absolute Gasteiger partial charge is 0.380 e. The molecule has 2 N–H and O–H groups in total. The van der Waals surface area contributed by atoms with Crippen LogP contribution in [0, 0.1) is 0 Å². The summed E-state index contributed by atoms with van der Waals surface area (Å²) < 4.78 is 8.24. The van der Waals surface area contributed by atoms with Crippen LogP contribution in [0.15, 0.2) is 10.7 Å².